The second-order valence-corrected chi connectivity index (χ2v) is 10.7. The number of benzene rings is 2. The molecule has 0 aliphatic heterocycles. The first kappa shape index (κ1) is 26.8. The van der Waals surface area contributed by atoms with Gasteiger partial charge in [0.2, 0.25) is 0 Å². The number of hydrogen-bond donors (Lipinski definition) is 1. The fraction of sp³-hybridized carbons (Fsp3) is 0.462. The Balaban J connectivity index is 2.81. The van der Waals surface area contributed by atoms with Gasteiger partial charge in [-0.05, 0) is 36.1 Å². The molecule has 0 amide bonds. The van der Waals surface area contributed by atoms with Crippen LogP contribution in [0.5, 0.6) is 11.5 Å². The molecule has 0 heterocycles. The smallest absolute Gasteiger partial charge is 0.153 e. The number of nitrogen functional groups attached to an aromatic ring is 1. The van der Waals surface area contributed by atoms with Crippen molar-refractivity contribution >= 4 is 29.2 Å². The van der Waals surface area contributed by atoms with Crippen molar-refractivity contribution in [1.82, 2.24) is 0 Å². The molecule has 0 saturated heterocycles. The van der Waals surface area contributed by atoms with Crippen LogP contribution in [0.3, 0.4) is 0 Å². The summed E-state index contributed by atoms with van der Waals surface area (Å²) in [5, 5.41) is 20.1. The molecule has 176 valence electrons. The summed E-state index contributed by atoms with van der Waals surface area (Å²) < 4.78 is 12.4. The number of nitrogens with two attached hydrogens (primary N) is 1. The molecule has 2 N–H and O–H groups in total. The van der Waals surface area contributed by atoms with Crippen LogP contribution in [0.15, 0.2) is 39.0 Å². The van der Waals surface area contributed by atoms with Gasteiger partial charge in [-0.3, -0.25) is 0 Å². The van der Waals surface area contributed by atoms with Crippen molar-refractivity contribution in [3.8, 4) is 23.6 Å². The Kier molecular flexibility index (Phi) is 10.8. The molecule has 0 fully saturated rings. The highest BCUT2D eigenvalue weighted by Gasteiger charge is 2.28. The zero-order valence-corrected chi connectivity index (χ0v) is 21.7. The molecular weight excluding hydrogens is 450 g/mol. The van der Waals surface area contributed by atoms with Crippen molar-refractivity contribution in [2.45, 2.75) is 62.1 Å². The lowest BCUT2D eigenvalue weighted by molar-refractivity contribution is 0.252. The number of rotatable bonds is 12. The molecule has 0 spiro atoms. The lowest BCUT2D eigenvalue weighted by Gasteiger charge is -2.23. The van der Waals surface area contributed by atoms with Crippen molar-refractivity contribution in [2.75, 3.05) is 24.7 Å². The van der Waals surface area contributed by atoms with E-state index < -0.39 is 0 Å². The van der Waals surface area contributed by atoms with Crippen molar-refractivity contribution in [1.29, 1.82) is 10.5 Å². The Morgan fingerprint density at radius 3 is 1.94 bits per heavy atom. The van der Waals surface area contributed by atoms with E-state index in [0.717, 1.165) is 33.3 Å². The van der Waals surface area contributed by atoms with Crippen LogP contribution >= 0.6 is 23.5 Å². The van der Waals surface area contributed by atoms with Crippen LogP contribution in [-0.2, 0) is 0 Å². The van der Waals surface area contributed by atoms with Gasteiger partial charge in [0.15, 0.2) is 11.5 Å². The largest absolute Gasteiger partial charge is 0.491 e. The summed E-state index contributed by atoms with van der Waals surface area (Å²) in [5.41, 5.74) is 7.36. The van der Waals surface area contributed by atoms with Crippen molar-refractivity contribution in [3.63, 3.8) is 0 Å². The van der Waals surface area contributed by atoms with Crippen LogP contribution in [0.1, 0.15) is 58.6 Å². The van der Waals surface area contributed by atoms with E-state index in [9.17, 15) is 10.5 Å². The maximum absolute atomic E-state index is 10.1. The normalized spacial score (nSPS) is 10.8. The highest BCUT2D eigenvalue weighted by atomic mass is 32.2. The topological polar surface area (TPSA) is 92.1 Å². The van der Waals surface area contributed by atoms with E-state index in [1.54, 1.807) is 11.8 Å². The molecular formula is C26H33N3O2S2. The second kappa shape index (κ2) is 13.3. The van der Waals surface area contributed by atoms with E-state index >= 15 is 0 Å². The highest BCUT2D eigenvalue weighted by Crippen LogP contribution is 2.51. The van der Waals surface area contributed by atoms with Crippen molar-refractivity contribution in [2.24, 2.45) is 11.8 Å². The van der Waals surface area contributed by atoms with Crippen LogP contribution < -0.4 is 15.2 Å². The predicted octanol–water partition coefficient (Wildman–Crippen LogP) is 7.13. The molecule has 0 aliphatic rings. The Hall–Kier alpha value is -2.48. The van der Waals surface area contributed by atoms with Gasteiger partial charge in [0.25, 0.3) is 0 Å². The van der Waals surface area contributed by atoms with Crippen LogP contribution in [0.2, 0.25) is 0 Å². The number of thioether (sulfide) groups is 1. The monoisotopic (exact) mass is 483 g/mol. The molecule has 0 aromatic heterocycles. The number of nitrogens with zero attached hydrogens (tertiary/aromatic N) is 2. The minimum absolute atomic E-state index is 0.216. The molecule has 0 bridgehead atoms. The van der Waals surface area contributed by atoms with Crippen LogP contribution in [0.25, 0.3) is 0 Å². The fourth-order valence-corrected chi connectivity index (χ4v) is 5.32. The quantitative estimate of drug-likeness (QED) is 0.195. The summed E-state index contributed by atoms with van der Waals surface area (Å²) in [6.07, 6.45) is 2.08. The second-order valence-electron chi connectivity index (χ2n) is 8.54. The molecule has 0 radical (unpaired) electrons. The third-order valence-electron chi connectivity index (χ3n) is 4.54. The lowest BCUT2D eigenvalue weighted by Crippen LogP contribution is -2.11. The minimum atomic E-state index is 0.216. The van der Waals surface area contributed by atoms with Crippen molar-refractivity contribution < 1.29 is 9.47 Å². The SMILES string of the molecule is CCCCSc1c(OCC(C)C)c(C#N)c(C#N)c(OCC(C)C)c1Sc1ccccc1N. The standard InChI is InChI=1S/C26H33N3O2S2/c1-6-7-12-32-25-23(30-15-17(2)3)19(13-27)20(14-28)24(31-16-18(4)5)26(25)33-22-11-9-8-10-21(22)29/h8-11,17-18H,6-7,12,15-16,29H2,1-5H3. The first-order chi connectivity index (χ1) is 15.8. The van der Waals surface area contributed by atoms with Gasteiger partial charge in [-0.15, -0.1) is 11.8 Å². The Morgan fingerprint density at radius 2 is 1.45 bits per heavy atom. The van der Waals surface area contributed by atoms with E-state index in [4.69, 9.17) is 15.2 Å². The van der Waals surface area contributed by atoms with Crippen LogP contribution in [0.4, 0.5) is 5.69 Å². The first-order valence-corrected chi connectivity index (χ1v) is 13.1. The maximum Gasteiger partial charge on any atom is 0.153 e. The van der Waals surface area contributed by atoms with Gasteiger partial charge in [-0.25, -0.2) is 0 Å². The Labute approximate surface area is 206 Å². The van der Waals surface area contributed by atoms with Crippen LogP contribution in [0, 0.1) is 34.5 Å². The average molecular weight is 484 g/mol. The Bertz CT molecular complexity index is 1020. The van der Waals surface area contributed by atoms with Crippen LogP contribution in [-0.4, -0.2) is 19.0 Å². The van der Waals surface area contributed by atoms with Gasteiger partial charge in [0.05, 0.1) is 23.0 Å². The van der Waals surface area contributed by atoms with Gasteiger partial charge >= 0.3 is 0 Å². The number of nitriles is 2. The van der Waals surface area contributed by atoms with E-state index in [2.05, 4.69) is 46.8 Å². The number of anilines is 1. The molecule has 0 saturated carbocycles. The number of para-hydroxylation sites is 1. The van der Waals surface area contributed by atoms with Gasteiger partial charge in [0, 0.05) is 10.6 Å². The van der Waals surface area contributed by atoms with E-state index in [1.807, 2.05) is 24.3 Å². The van der Waals surface area contributed by atoms with Gasteiger partial charge in [-0.1, -0.05) is 64.9 Å². The zero-order chi connectivity index (χ0) is 24.4. The Morgan fingerprint density at radius 1 is 0.909 bits per heavy atom. The average Bonchev–Trinajstić information content (AvgIpc) is 2.78. The molecule has 33 heavy (non-hydrogen) atoms. The molecule has 0 atom stereocenters. The summed E-state index contributed by atoms with van der Waals surface area (Å²) in [6.45, 7) is 11.2. The number of unbranched alkanes of at least 4 members (excludes halogenated alkanes) is 1. The summed E-state index contributed by atoms with van der Waals surface area (Å²) in [4.78, 5) is 2.49. The first-order valence-electron chi connectivity index (χ1n) is 11.3. The zero-order valence-electron chi connectivity index (χ0n) is 20.1. The number of ether oxygens (including phenoxy) is 2. The van der Waals surface area contributed by atoms with Crippen molar-refractivity contribution in [3.05, 3.63) is 35.4 Å². The van der Waals surface area contributed by atoms with Gasteiger partial charge < -0.3 is 15.2 Å². The molecule has 2 aromatic rings. The lowest BCUT2D eigenvalue weighted by atomic mass is 10.1. The fourth-order valence-electron chi connectivity index (χ4n) is 2.87. The molecule has 0 aliphatic carbocycles. The van der Waals surface area contributed by atoms with E-state index in [1.165, 1.54) is 11.8 Å². The molecule has 7 heteroatoms. The predicted molar refractivity (Wildman–Crippen MR) is 137 cm³/mol. The van der Waals surface area contributed by atoms with E-state index in [-0.39, 0.29) is 23.0 Å². The maximum atomic E-state index is 10.1. The molecule has 5 nitrogen and oxygen atoms in total. The summed E-state index contributed by atoms with van der Waals surface area (Å²) in [6, 6.07) is 12.1. The molecule has 2 aromatic carbocycles. The summed E-state index contributed by atoms with van der Waals surface area (Å²) in [5.74, 6) is 2.31. The highest BCUT2D eigenvalue weighted by molar-refractivity contribution is 8.02. The van der Waals surface area contributed by atoms with Gasteiger partial charge in [-0.2, -0.15) is 10.5 Å². The van der Waals surface area contributed by atoms with E-state index in [0.29, 0.717) is 30.4 Å². The van der Waals surface area contributed by atoms with Gasteiger partial charge in [0.1, 0.15) is 23.3 Å². The third-order valence-corrected chi connectivity index (χ3v) is 7.03. The molecule has 2 rings (SSSR count). The number of hydrogen-bond acceptors (Lipinski definition) is 7. The minimum Gasteiger partial charge on any atom is -0.491 e. The third kappa shape index (κ3) is 7.25. The molecule has 0 unspecified atom stereocenters. The summed E-state index contributed by atoms with van der Waals surface area (Å²) in [7, 11) is 0. The summed E-state index contributed by atoms with van der Waals surface area (Å²) >= 11 is 3.11.